The molecule has 2 aromatic carbocycles. The molecule has 21 heavy (non-hydrogen) atoms. The lowest BCUT2D eigenvalue weighted by molar-refractivity contribution is 0.381. The highest BCUT2D eigenvalue weighted by Crippen LogP contribution is 2.28. The number of anilines is 1. The van der Waals surface area contributed by atoms with Gasteiger partial charge in [-0.05, 0) is 18.2 Å². The molecule has 0 heterocycles. The molecule has 0 radical (unpaired) electrons. The summed E-state index contributed by atoms with van der Waals surface area (Å²) < 4.78 is 79.0. The van der Waals surface area contributed by atoms with Crippen LogP contribution in [0.1, 0.15) is 5.56 Å². The summed E-state index contributed by atoms with van der Waals surface area (Å²) in [4.78, 5) is 0. The molecule has 0 amide bonds. The second-order valence-electron chi connectivity index (χ2n) is 4.03. The van der Waals surface area contributed by atoms with Crippen molar-refractivity contribution in [2.45, 2.75) is 6.54 Å². The van der Waals surface area contributed by atoms with E-state index in [0.717, 1.165) is 12.1 Å². The zero-order chi connectivity index (χ0) is 15.7. The monoisotopic (exact) mass is 325 g/mol. The van der Waals surface area contributed by atoms with E-state index < -0.39 is 47.1 Å². The average molecular weight is 326 g/mol. The van der Waals surface area contributed by atoms with Crippen LogP contribution in [0.4, 0.5) is 32.0 Å². The van der Waals surface area contributed by atoms with Gasteiger partial charge >= 0.3 is 0 Å². The van der Waals surface area contributed by atoms with Crippen LogP contribution in [0.5, 0.6) is 0 Å². The standard InChI is InChI=1S/C13H6ClF6N/c14-6-1-2-7(15)5(3-6)4-21-13-11(19)9(17)8(16)10(18)12(13)20/h1-3,21H,4H2. The van der Waals surface area contributed by atoms with Crippen molar-refractivity contribution in [2.24, 2.45) is 0 Å². The quantitative estimate of drug-likeness (QED) is 0.486. The Bertz CT molecular complexity index is 675. The molecule has 8 heteroatoms. The minimum Gasteiger partial charge on any atom is -0.376 e. The van der Waals surface area contributed by atoms with Gasteiger partial charge in [0.05, 0.1) is 0 Å². The summed E-state index contributed by atoms with van der Waals surface area (Å²) in [6.07, 6.45) is 0. The molecule has 0 bridgehead atoms. The van der Waals surface area contributed by atoms with Gasteiger partial charge < -0.3 is 5.32 Å². The van der Waals surface area contributed by atoms with E-state index in [1.807, 2.05) is 5.32 Å². The Morgan fingerprint density at radius 3 is 1.90 bits per heavy atom. The topological polar surface area (TPSA) is 12.0 Å². The number of hydrogen-bond acceptors (Lipinski definition) is 1. The van der Waals surface area contributed by atoms with Crippen molar-refractivity contribution in [1.29, 1.82) is 0 Å². The van der Waals surface area contributed by atoms with Crippen LogP contribution in [-0.4, -0.2) is 0 Å². The Balaban J connectivity index is 2.35. The van der Waals surface area contributed by atoms with Crippen LogP contribution in [0.15, 0.2) is 18.2 Å². The molecule has 0 aliphatic carbocycles. The third-order valence-electron chi connectivity index (χ3n) is 2.67. The van der Waals surface area contributed by atoms with Crippen LogP contribution in [0.2, 0.25) is 5.02 Å². The Kier molecular flexibility index (Phi) is 4.32. The second-order valence-corrected chi connectivity index (χ2v) is 4.47. The van der Waals surface area contributed by atoms with Gasteiger partial charge in [0.2, 0.25) is 5.82 Å². The van der Waals surface area contributed by atoms with Crippen LogP contribution in [0.25, 0.3) is 0 Å². The van der Waals surface area contributed by atoms with Crippen molar-refractivity contribution >= 4 is 17.3 Å². The summed E-state index contributed by atoms with van der Waals surface area (Å²) in [6.45, 7) is -0.509. The van der Waals surface area contributed by atoms with Gasteiger partial charge in [-0.3, -0.25) is 0 Å². The first-order valence-electron chi connectivity index (χ1n) is 5.52. The van der Waals surface area contributed by atoms with E-state index in [-0.39, 0.29) is 10.6 Å². The molecule has 0 fully saturated rings. The zero-order valence-corrected chi connectivity index (χ0v) is 10.8. The maximum Gasteiger partial charge on any atom is 0.200 e. The third-order valence-corrected chi connectivity index (χ3v) is 2.91. The van der Waals surface area contributed by atoms with Gasteiger partial charge in [0.1, 0.15) is 11.5 Å². The van der Waals surface area contributed by atoms with Crippen LogP contribution in [-0.2, 0) is 6.54 Å². The molecule has 2 rings (SSSR count). The first-order valence-corrected chi connectivity index (χ1v) is 5.90. The second kappa shape index (κ2) is 5.85. The molecule has 0 aliphatic heterocycles. The van der Waals surface area contributed by atoms with Crippen molar-refractivity contribution in [3.8, 4) is 0 Å². The summed E-state index contributed by atoms with van der Waals surface area (Å²) in [5, 5.41) is 2.14. The largest absolute Gasteiger partial charge is 0.376 e. The van der Waals surface area contributed by atoms with E-state index in [1.54, 1.807) is 0 Å². The molecule has 0 spiro atoms. The number of halogens is 7. The fraction of sp³-hybridized carbons (Fsp3) is 0.0769. The van der Waals surface area contributed by atoms with Crippen molar-refractivity contribution in [2.75, 3.05) is 5.32 Å². The van der Waals surface area contributed by atoms with Crippen LogP contribution < -0.4 is 5.32 Å². The first-order chi connectivity index (χ1) is 9.82. The fourth-order valence-electron chi connectivity index (χ4n) is 1.62. The molecule has 0 saturated carbocycles. The molecule has 2 aromatic rings. The molecule has 0 aromatic heterocycles. The number of benzene rings is 2. The van der Waals surface area contributed by atoms with Gasteiger partial charge in [-0.25, -0.2) is 26.3 Å². The van der Waals surface area contributed by atoms with Crippen molar-refractivity contribution in [3.63, 3.8) is 0 Å². The van der Waals surface area contributed by atoms with Crippen LogP contribution in [0, 0.1) is 34.9 Å². The number of nitrogens with one attached hydrogen (secondary N) is 1. The molecular formula is C13H6ClF6N. The minimum atomic E-state index is -2.26. The van der Waals surface area contributed by atoms with E-state index in [0.29, 0.717) is 0 Å². The number of hydrogen-bond donors (Lipinski definition) is 1. The van der Waals surface area contributed by atoms with Crippen molar-refractivity contribution < 1.29 is 26.3 Å². The van der Waals surface area contributed by atoms with Gasteiger partial charge in [0, 0.05) is 17.1 Å². The van der Waals surface area contributed by atoms with E-state index in [2.05, 4.69) is 0 Å². The predicted molar refractivity (Wildman–Crippen MR) is 65.0 cm³/mol. The van der Waals surface area contributed by atoms with Crippen molar-refractivity contribution in [3.05, 3.63) is 63.7 Å². The lowest BCUT2D eigenvalue weighted by atomic mass is 10.2. The Morgan fingerprint density at radius 1 is 0.810 bits per heavy atom. The first kappa shape index (κ1) is 15.5. The van der Waals surface area contributed by atoms with Crippen LogP contribution >= 0.6 is 11.6 Å². The Labute approximate surface area is 120 Å². The maximum absolute atomic E-state index is 13.4. The average Bonchev–Trinajstić information content (AvgIpc) is 2.46. The van der Waals surface area contributed by atoms with E-state index in [1.165, 1.54) is 6.07 Å². The maximum atomic E-state index is 13.4. The van der Waals surface area contributed by atoms with Crippen molar-refractivity contribution in [1.82, 2.24) is 0 Å². The van der Waals surface area contributed by atoms with Gasteiger partial charge in [-0.1, -0.05) is 11.6 Å². The third kappa shape index (κ3) is 2.92. The molecule has 0 aliphatic rings. The molecule has 112 valence electrons. The van der Waals surface area contributed by atoms with E-state index in [4.69, 9.17) is 11.6 Å². The molecule has 1 nitrogen and oxygen atoms in total. The van der Waals surface area contributed by atoms with E-state index >= 15 is 0 Å². The highest BCUT2D eigenvalue weighted by atomic mass is 35.5. The van der Waals surface area contributed by atoms with Gasteiger partial charge in [0.15, 0.2) is 23.3 Å². The normalized spacial score (nSPS) is 10.8. The molecule has 1 N–H and O–H groups in total. The minimum absolute atomic E-state index is 0.0913. The summed E-state index contributed by atoms with van der Waals surface area (Å²) in [7, 11) is 0. The van der Waals surface area contributed by atoms with Gasteiger partial charge in [-0.2, -0.15) is 0 Å². The Morgan fingerprint density at radius 2 is 1.33 bits per heavy atom. The molecule has 0 saturated heterocycles. The number of rotatable bonds is 3. The predicted octanol–water partition coefficient (Wildman–Crippen LogP) is 4.79. The smallest absolute Gasteiger partial charge is 0.200 e. The summed E-state index contributed by atoms with van der Waals surface area (Å²) >= 11 is 5.62. The lowest BCUT2D eigenvalue weighted by Crippen LogP contribution is -2.10. The molecular weight excluding hydrogens is 320 g/mol. The van der Waals surface area contributed by atoms with Gasteiger partial charge in [-0.15, -0.1) is 0 Å². The van der Waals surface area contributed by atoms with E-state index in [9.17, 15) is 26.3 Å². The van der Waals surface area contributed by atoms with Crippen LogP contribution in [0.3, 0.4) is 0 Å². The molecule has 0 unspecified atom stereocenters. The zero-order valence-electron chi connectivity index (χ0n) is 10.1. The SMILES string of the molecule is Fc1ccc(Cl)cc1CNc1c(F)c(F)c(F)c(F)c1F. The molecule has 0 atom stereocenters. The highest BCUT2D eigenvalue weighted by molar-refractivity contribution is 6.30. The lowest BCUT2D eigenvalue weighted by Gasteiger charge is -2.11. The highest BCUT2D eigenvalue weighted by Gasteiger charge is 2.25. The summed E-state index contributed by atoms with van der Waals surface area (Å²) in [5.74, 6) is -11.2. The fourth-order valence-corrected chi connectivity index (χ4v) is 1.82. The Hall–Kier alpha value is -1.89. The summed E-state index contributed by atoms with van der Waals surface area (Å²) in [6, 6.07) is 3.42. The summed E-state index contributed by atoms with van der Waals surface area (Å²) in [5.41, 5.74) is -1.32. The van der Waals surface area contributed by atoms with Gasteiger partial charge in [0.25, 0.3) is 0 Å².